The summed E-state index contributed by atoms with van der Waals surface area (Å²) in [5.74, 6) is 0.959. The quantitative estimate of drug-likeness (QED) is 0.878. The fraction of sp³-hybridized carbons (Fsp3) is 0.400. The highest BCUT2D eigenvalue weighted by atomic mass is 16.1. The third kappa shape index (κ3) is 3.28. The lowest BCUT2D eigenvalue weighted by Crippen LogP contribution is -2.30. The molecule has 6 nitrogen and oxygen atoms in total. The number of carbonyl (C=O) groups is 1. The van der Waals surface area contributed by atoms with Gasteiger partial charge >= 0.3 is 0 Å². The Kier molecular flexibility index (Phi) is 3.96. The van der Waals surface area contributed by atoms with Gasteiger partial charge in [0, 0.05) is 37.1 Å². The Morgan fingerprint density at radius 2 is 2.33 bits per heavy atom. The predicted molar refractivity (Wildman–Crippen MR) is 78.5 cm³/mol. The van der Waals surface area contributed by atoms with E-state index in [0.717, 1.165) is 30.6 Å². The molecule has 3 rings (SSSR count). The van der Waals surface area contributed by atoms with Crippen molar-refractivity contribution in [2.45, 2.75) is 31.8 Å². The van der Waals surface area contributed by atoms with Crippen molar-refractivity contribution in [2.24, 2.45) is 11.7 Å². The molecule has 0 aliphatic heterocycles. The second-order valence-electron chi connectivity index (χ2n) is 5.48. The number of hydrogen-bond acceptors (Lipinski definition) is 4. The van der Waals surface area contributed by atoms with E-state index in [4.69, 9.17) is 5.73 Å². The molecule has 1 amide bonds. The largest absolute Gasteiger partial charge is 0.352 e. The summed E-state index contributed by atoms with van der Waals surface area (Å²) in [6.07, 6.45) is 9.61. The summed E-state index contributed by atoms with van der Waals surface area (Å²) in [6, 6.07) is 4.03. The molecule has 2 aromatic heterocycles. The zero-order valence-corrected chi connectivity index (χ0v) is 11.8. The van der Waals surface area contributed by atoms with Crippen LogP contribution in [0.1, 0.15) is 24.8 Å². The Morgan fingerprint density at radius 1 is 1.43 bits per heavy atom. The van der Waals surface area contributed by atoms with Gasteiger partial charge in [-0.15, -0.1) is 0 Å². The predicted octanol–water partition coefficient (Wildman–Crippen LogP) is 1.01. The van der Waals surface area contributed by atoms with Crippen LogP contribution in [0.3, 0.4) is 0 Å². The van der Waals surface area contributed by atoms with Crippen LogP contribution in [0.15, 0.2) is 37.1 Å². The molecule has 0 saturated heterocycles. The topological polar surface area (TPSA) is 85.8 Å². The van der Waals surface area contributed by atoms with Crippen LogP contribution in [0.5, 0.6) is 0 Å². The van der Waals surface area contributed by atoms with Gasteiger partial charge in [0.2, 0.25) is 5.91 Å². The van der Waals surface area contributed by atoms with Gasteiger partial charge in [-0.3, -0.25) is 9.36 Å². The fourth-order valence-electron chi connectivity index (χ4n) is 2.69. The molecule has 0 spiro atoms. The van der Waals surface area contributed by atoms with Crippen LogP contribution in [0.25, 0.3) is 5.82 Å². The molecule has 2 atom stereocenters. The normalized spacial score (nSPS) is 21.4. The summed E-state index contributed by atoms with van der Waals surface area (Å²) in [4.78, 5) is 20.4. The van der Waals surface area contributed by atoms with E-state index in [1.165, 1.54) is 0 Å². The molecule has 3 N–H and O–H groups in total. The third-order valence-corrected chi connectivity index (χ3v) is 3.89. The van der Waals surface area contributed by atoms with Crippen LogP contribution in [0.4, 0.5) is 0 Å². The van der Waals surface area contributed by atoms with Gasteiger partial charge in [-0.2, -0.15) is 0 Å². The SMILES string of the molecule is NC1CCC(C(=O)NCc2ccnc(-n3ccnc3)c2)C1. The van der Waals surface area contributed by atoms with Gasteiger partial charge in [-0.05, 0) is 37.0 Å². The van der Waals surface area contributed by atoms with Crippen LogP contribution in [-0.4, -0.2) is 26.5 Å². The van der Waals surface area contributed by atoms with Crippen molar-refractivity contribution in [3.8, 4) is 5.82 Å². The third-order valence-electron chi connectivity index (χ3n) is 3.89. The lowest BCUT2D eigenvalue weighted by molar-refractivity contribution is -0.125. The first-order chi connectivity index (χ1) is 10.2. The number of carbonyl (C=O) groups excluding carboxylic acids is 1. The molecule has 2 aromatic rings. The van der Waals surface area contributed by atoms with E-state index in [2.05, 4.69) is 15.3 Å². The molecule has 0 bridgehead atoms. The van der Waals surface area contributed by atoms with Crippen LogP contribution in [-0.2, 0) is 11.3 Å². The van der Waals surface area contributed by atoms with Gasteiger partial charge in [0.05, 0.1) is 0 Å². The zero-order valence-electron chi connectivity index (χ0n) is 11.8. The van der Waals surface area contributed by atoms with E-state index < -0.39 is 0 Å². The van der Waals surface area contributed by atoms with E-state index in [1.54, 1.807) is 18.7 Å². The summed E-state index contributed by atoms with van der Waals surface area (Å²) < 4.78 is 1.83. The summed E-state index contributed by atoms with van der Waals surface area (Å²) in [5, 5.41) is 2.99. The number of aromatic nitrogens is 3. The molecular formula is C15H19N5O. The molecule has 0 aromatic carbocycles. The molecule has 6 heteroatoms. The Morgan fingerprint density at radius 3 is 3.05 bits per heavy atom. The maximum absolute atomic E-state index is 12.1. The summed E-state index contributed by atoms with van der Waals surface area (Å²) >= 11 is 0. The van der Waals surface area contributed by atoms with Crippen LogP contribution >= 0.6 is 0 Å². The highest BCUT2D eigenvalue weighted by molar-refractivity contribution is 5.79. The van der Waals surface area contributed by atoms with Crippen LogP contribution < -0.4 is 11.1 Å². The van der Waals surface area contributed by atoms with Crippen LogP contribution in [0, 0.1) is 5.92 Å². The van der Waals surface area contributed by atoms with Crippen molar-refractivity contribution >= 4 is 5.91 Å². The first-order valence-corrected chi connectivity index (χ1v) is 7.19. The molecular weight excluding hydrogens is 266 g/mol. The molecule has 1 aliphatic carbocycles. The van der Waals surface area contributed by atoms with Crippen molar-refractivity contribution in [3.63, 3.8) is 0 Å². The lowest BCUT2D eigenvalue weighted by atomic mass is 10.1. The molecule has 0 radical (unpaired) electrons. The van der Waals surface area contributed by atoms with E-state index in [0.29, 0.717) is 6.54 Å². The molecule has 1 fully saturated rings. The van der Waals surface area contributed by atoms with E-state index >= 15 is 0 Å². The number of pyridine rings is 1. The van der Waals surface area contributed by atoms with E-state index in [9.17, 15) is 4.79 Å². The highest BCUT2D eigenvalue weighted by Gasteiger charge is 2.27. The molecule has 2 heterocycles. The molecule has 2 unspecified atom stereocenters. The smallest absolute Gasteiger partial charge is 0.223 e. The Labute approximate surface area is 123 Å². The number of amides is 1. The minimum atomic E-state index is 0.0648. The standard InChI is InChI=1S/C15H19N5O/c16-13-2-1-12(8-13)15(21)19-9-11-3-4-18-14(7-11)20-6-5-17-10-20/h3-7,10,12-13H,1-2,8-9,16H2,(H,19,21). The van der Waals surface area contributed by atoms with E-state index in [1.807, 2.05) is 22.9 Å². The fourth-order valence-corrected chi connectivity index (χ4v) is 2.69. The average molecular weight is 285 g/mol. The first kappa shape index (κ1) is 13.8. The second kappa shape index (κ2) is 6.05. The number of nitrogens with two attached hydrogens (primary N) is 1. The summed E-state index contributed by atoms with van der Waals surface area (Å²) in [5.41, 5.74) is 6.87. The summed E-state index contributed by atoms with van der Waals surface area (Å²) in [6.45, 7) is 0.509. The van der Waals surface area contributed by atoms with Crippen molar-refractivity contribution in [1.82, 2.24) is 19.9 Å². The Bertz CT molecular complexity index is 610. The van der Waals surface area contributed by atoms with E-state index in [-0.39, 0.29) is 17.9 Å². The number of imidazole rings is 1. The number of nitrogens with one attached hydrogen (secondary N) is 1. The molecule has 1 aliphatic rings. The Balaban J connectivity index is 1.60. The van der Waals surface area contributed by atoms with Gasteiger partial charge < -0.3 is 11.1 Å². The van der Waals surface area contributed by atoms with Gasteiger partial charge in [0.1, 0.15) is 12.1 Å². The first-order valence-electron chi connectivity index (χ1n) is 7.19. The van der Waals surface area contributed by atoms with Crippen molar-refractivity contribution in [2.75, 3.05) is 0 Å². The van der Waals surface area contributed by atoms with Gasteiger partial charge in [-0.25, -0.2) is 9.97 Å². The van der Waals surface area contributed by atoms with Crippen molar-refractivity contribution < 1.29 is 4.79 Å². The second-order valence-corrected chi connectivity index (χ2v) is 5.48. The summed E-state index contributed by atoms with van der Waals surface area (Å²) in [7, 11) is 0. The van der Waals surface area contributed by atoms with Crippen LogP contribution in [0.2, 0.25) is 0 Å². The van der Waals surface area contributed by atoms with Gasteiger partial charge in [0.25, 0.3) is 0 Å². The number of nitrogens with zero attached hydrogens (tertiary/aromatic N) is 3. The lowest BCUT2D eigenvalue weighted by Gasteiger charge is -2.11. The highest BCUT2D eigenvalue weighted by Crippen LogP contribution is 2.24. The minimum absolute atomic E-state index is 0.0648. The maximum atomic E-state index is 12.1. The average Bonchev–Trinajstić information content (AvgIpc) is 3.16. The number of hydrogen-bond donors (Lipinski definition) is 2. The maximum Gasteiger partial charge on any atom is 0.223 e. The number of rotatable bonds is 4. The van der Waals surface area contributed by atoms with Crippen molar-refractivity contribution in [1.29, 1.82) is 0 Å². The molecule has 1 saturated carbocycles. The monoisotopic (exact) mass is 285 g/mol. The molecule has 21 heavy (non-hydrogen) atoms. The molecule has 110 valence electrons. The zero-order chi connectivity index (χ0) is 14.7. The van der Waals surface area contributed by atoms with Gasteiger partial charge in [0.15, 0.2) is 0 Å². The van der Waals surface area contributed by atoms with Crippen molar-refractivity contribution in [3.05, 3.63) is 42.6 Å². The minimum Gasteiger partial charge on any atom is -0.352 e. The Hall–Kier alpha value is -2.21. The van der Waals surface area contributed by atoms with Gasteiger partial charge in [-0.1, -0.05) is 0 Å².